The highest BCUT2D eigenvalue weighted by Gasteiger charge is 2.55. The molecular formula is C25H22N4OS. The molecule has 31 heavy (non-hydrogen) atoms. The Morgan fingerprint density at radius 3 is 2.13 bits per heavy atom. The zero-order chi connectivity index (χ0) is 21.6. The van der Waals surface area contributed by atoms with Crippen LogP contribution in [0.1, 0.15) is 30.5 Å². The van der Waals surface area contributed by atoms with Gasteiger partial charge in [-0.05, 0) is 49.9 Å². The molecule has 1 atom stereocenters. The van der Waals surface area contributed by atoms with E-state index < -0.39 is 4.99 Å². The lowest BCUT2D eigenvalue weighted by Gasteiger charge is -2.46. The maximum atomic E-state index is 12.5. The van der Waals surface area contributed by atoms with Crippen molar-refractivity contribution in [2.75, 3.05) is 10.0 Å². The van der Waals surface area contributed by atoms with Crippen LogP contribution in [0.5, 0.6) is 0 Å². The minimum atomic E-state index is -0.853. The summed E-state index contributed by atoms with van der Waals surface area (Å²) < 4.78 is 0. The van der Waals surface area contributed by atoms with E-state index in [-0.39, 0.29) is 5.78 Å². The van der Waals surface area contributed by atoms with Crippen LogP contribution < -0.4 is 10.0 Å². The summed E-state index contributed by atoms with van der Waals surface area (Å²) in [6.45, 7) is 5.64. The Kier molecular flexibility index (Phi) is 4.67. The molecule has 0 unspecified atom stereocenters. The highest BCUT2D eigenvalue weighted by molar-refractivity contribution is 8.17. The van der Waals surface area contributed by atoms with Crippen molar-refractivity contribution in [1.29, 1.82) is 0 Å². The largest absolute Gasteiger partial charge is 0.292 e. The van der Waals surface area contributed by atoms with Gasteiger partial charge in [-0.25, -0.2) is 10.0 Å². The molecule has 3 aromatic rings. The monoisotopic (exact) mass is 426 g/mol. The van der Waals surface area contributed by atoms with E-state index in [1.54, 1.807) is 6.92 Å². The first-order valence-electron chi connectivity index (χ1n) is 10.2. The molecule has 0 saturated heterocycles. The number of hydrazone groups is 2. The van der Waals surface area contributed by atoms with Crippen LogP contribution in [0.15, 0.2) is 89.1 Å². The number of fused-ring (bicyclic) bond motifs is 2. The fraction of sp³-hybridized carbons (Fsp3) is 0.160. The summed E-state index contributed by atoms with van der Waals surface area (Å²) in [5.74, 6) is -0.0595. The summed E-state index contributed by atoms with van der Waals surface area (Å²) in [6.07, 6.45) is 0. The van der Waals surface area contributed by atoms with Gasteiger partial charge < -0.3 is 0 Å². The number of hydrogen-bond acceptors (Lipinski definition) is 6. The van der Waals surface area contributed by atoms with Crippen LogP contribution in [0.2, 0.25) is 0 Å². The van der Waals surface area contributed by atoms with Crippen molar-refractivity contribution in [1.82, 2.24) is 0 Å². The summed E-state index contributed by atoms with van der Waals surface area (Å²) in [6, 6.07) is 26.5. The second-order valence-corrected chi connectivity index (χ2v) is 8.86. The van der Waals surface area contributed by atoms with Crippen molar-refractivity contribution in [3.05, 3.63) is 95.6 Å². The minimum absolute atomic E-state index is 0.0595. The third-order valence-corrected chi connectivity index (χ3v) is 6.92. The maximum Gasteiger partial charge on any atom is 0.234 e. The Morgan fingerprint density at radius 1 is 0.806 bits per heavy atom. The van der Waals surface area contributed by atoms with E-state index in [1.165, 1.54) is 17.3 Å². The number of aryl methyl sites for hydroxylation is 1. The normalized spacial score (nSPS) is 19.8. The second kappa shape index (κ2) is 7.39. The van der Waals surface area contributed by atoms with Crippen molar-refractivity contribution >= 4 is 39.7 Å². The van der Waals surface area contributed by atoms with E-state index in [0.29, 0.717) is 5.04 Å². The van der Waals surface area contributed by atoms with Gasteiger partial charge >= 0.3 is 0 Å². The topological polar surface area (TPSA) is 48.3 Å². The SMILES string of the molecule is CC(=O)C1=NN(c2ccc(C)cc2)[C@]2(S1)c1ccccc1C(C)=NN2c1ccccc1. The van der Waals surface area contributed by atoms with Crippen LogP contribution >= 0.6 is 11.8 Å². The molecule has 0 aromatic heterocycles. The quantitative estimate of drug-likeness (QED) is 0.554. The number of Topliss-reactive ketones (excluding diaryl/α,β-unsaturated/α-hetero) is 1. The van der Waals surface area contributed by atoms with Crippen molar-refractivity contribution in [2.24, 2.45) is 10.2 Å². The third-order valence-electron chi connectivity index (χ3n) is 5.50. The second-order valence-electron chi connectivity index (χ2n) is 7.70. The first-order chi connectivity index (χ1) is 15.0. The van der Waals surface area contributed by atoms with Gasteiger partial charge in [0.25, 0.3) is 0 Å². The van der Waals surface area contributed by atoms with Gasteiger partial charge in [-0.3, -0.25) is 4.79 Å². The average molecular weight is 427 g/mol. The molecule has 6 heteroatoms. The molecule has 0 bridgehead atoms. The summed E-state index contributed by atoms with van der Waals surface area (Å²) in [5.41, 5.74) is 6.03. The van der Waals surface area contributed by atoms with Crippen LogP contribution in [0, 0.1) is 6.92 Å². The first kappa shape index (κ1) is 19.6. The fourth-order valence-corrected chi connectivity index (χ4v) is 5.28. The number of hydrogen-bond donors (Lipinski definition) is 0. The van der Waals surface area contributed by atoms with Crippen LogP contribution in [-0.2, 0) is 9.79 Å². The van der Waals surface area contributed by atoms with Gasteiger partial charge in [-0.2, -0.15) is 10.2 Å². The molecule has 1 spiro atoms. The molecular weight excluding hydrogens is 404 g/mol. The number of para-hydroxylation sites is 1. The summed E-state index contributed by atoms with van der Waals surface area (Å²) in [4.78, 5) is 11.6. The predicted octanol–water partition coefficient (Wildman–Crippen LogP) is 5.51. The Hall–Kier alpha value is -3.38. The first-order valence-corrected chi connectivity index (χ1v) is 11.0. The van der Waals surface area contributed by atoms with E-state index in [1.807, 2.05) is 71.5 Å². The lowest BCUT2D eigenvalue weighted by Crippen LogP contribution is -2.53. The molecule has 2 heterocycles. The zero-order valence-corrected chi connectivity index (χ0v) is 18.4. The fourth-order valence-electron chi connectivity index (χ4n) is 3.99. The van der Waals surface area contributed by atoms with Crippen molar-refractivity contribution in [3.63, 3.8) is 0 Å². The Labute approximate surface area is 186 Å². The molecule has 2 aliphatic heterocycles. The van der Waals surface area contributed by atoms with Gasteiger partial charge in [0.15, 0.2) is 10.8 Å². The molecule has 0 N–H and O–H groups in total. The minimum Gasteiger partial charge on any atom is -0.292 e. The highest BCUT2D eigenvalue weighted by atomic mass is 32.2. The number of benzene rings is 3. The van der Waals surface area contributed by atoms with Gasteiger partial charge in [-0.15, -0.1) is 0 Å². The smallest absolute Gasteiger partial charge is 0.234 e. The zero-order valence-electron chi connectivity index (χ0n) is 17.6. The number of carbonyl (C=O) groups excluding carboxylic acids is 1. The summed E-state index contributed by atoms with van der Waals surface area (Å²) in [5, 5.41) is 14.2. The average Bonchev–Trinajstić information content (AvgIpc) is 3.19. The molecule has 154 valence electrons. The number of carbonyl (C=O) groups is 1. The van der Waals surface area contributed by atoms with E-state index in [9.17, 15) is 4.79 Å². The van der Waals surface area contributed by atoms with Crippen LogP contribution in [-0.4, -0.2) is 16.5 Å². The number of ketones is 1. The standard InChI is InChI=1S/C25H22N4OS/c1-17-13-15-21(16-14-17)29-25(31-24(27-29)19(3)30)23-12-8-7-11-22(23)18(2)26-28(25)20-9-5-4-6-10-20/h4-16H,1-3H3/t25-/m0/s1. The van der Waals surface area contributed by atoms with Crippen LogP contribution in [0.25, 0.3) is 0 Å². The molecule has 0 radical (unpaired) electrons. The number of rotatable bonds is 3. The lowest BCUT2D eigenvalue weighted by molar-refractivity contribution is -0.110. The Morgan fingerprint density at radius 2 is 1.42 bits per heavy atom. The van der Waals surface area contributed by atoms with E-state index >= 15 is 0 Å². The molecule has 0 fully saturated rings. The Balaban J connectivity index is 1.81. The highest BCUT2D eigenvalue weighted by Crippen LogP contribution is 2.54. The molecule has 0 aliphatic carbocycles. The van der Waals surface area contributed by atoms with Gasteiger partial charge in [0.1, 0.15) is 0 Å². The molecule has 0 amide bonds. The molecule has 5 rings (SSSR count). The molecule has 3 aromatic carbocycles. The summed E-state index contributed by atoms with van der Waals surface area (Å²) in [7, 11) is 0. The van der Waals surface area contributed by atoms with Crippen LogP contribution in [0.4, 0.5) is 11.4 Å². The maximum absolute atomic E-state index is 12.5. The predicted molar refractivity (Wildman–Crippen MR) is 129 cm³/mol. The van der Waals surface area contributed by atoms with E-state index in [2.05, 4.69) is 31.2 Å². The molecule has 2 aliphatic rings. The van der Waals surface area contributed by atoms with Crippen molar-refractivity contribution in [3.8, 4) is 0 Å². The third kappa shape index (κ3) is 3.06. The lowest BCUT2D eigenvalue weighted by atomic mass is 9.98. The van der Waals surface area contributed by atoms with Crippen molar-refractivity contribution in [2.45, 2.75) is 25.8 Å². The molecule has 0 saturated carbocycles. The number of anilines is 2. The summed E-state index contributed by atoms with van der Waals surface area (Å²) >= 11 is 1.44. The van der Waals surface area contributed by atoms with E-state index in [0.717, 1.165) is 28.2 Å². The van der Waals surface area contributed by atoms with Gasteiger partial charge in [0.05, 0.1) is 17.1 Å². The number of thioether (sulfide) groups is 1. The van der Waals surface area contributed by atoms with Gasteiger partial charge in [0, 0.05) is 18.1 Å². The molecule has 5 nitrogen and oxygen atoms in total. The van der Waals surface area contributed by atoms with Gasteiger partial charge in [0.2, 0.25) is 4.99 Å². The Bertz CT molecular complexity index is 1220. The van der Waals surface area contributed by atoms with Gasteiger partial charge in [-0.1, -0.05) is 60.2 Å². The van der Waals surface area contributed by atoms with Crippen LogP contribution in [0.3, 0.4) is 0 Å². The van der Waals surface area contributed by atoms with E-state index in [4.69, 9.17) is 10.2 Å². The number of nitrogens with zero attached hydrogens (tertiary/aromatic N) is 4. The van der Waals surface area contributed by atoms with Crippen molar-refractivity contribution < 1.29 is 4.79 Å².